The molecule has 0 bridgehead atoms. The molecule has 5 heteroatoms. The van der Waals surface area contributed by atoms with Crippen molar-refractivity contribution in [2.75, 3.05) is 13.3 Å². The summed E-state index contributed by atoms with van der Waals surface area (Å²) in [6.07, 6.45) is 0.979. The number of hydrogen-bond donors (Lipinski definition) is 2. The molecule has 1 aliphatic rings. The lowest BCUT2D eigenvalue weighted by Gasteiger charge is -2.12. The minimum absolute atomic E-state index is 0.00302. The smallest absolute Gasteiger partial charge is 0.231 e. The van der Waals surface area contributed by atoms with Crippen LogP contribution in [0.1, 0.15) is 30.1 Å². The molecule has 126 valence electrons. The van der Waals surface area contributed by atoms with E-state index in [1.54, 1.807) is 12.1 Å². The maximum atomic E-state index is 11.9. The second-order valence-corrected chi connectivity index (χ2v) is 5.75. The van der Waals surface area contributed by atoms with Crippen LogP contribution in [0.2, 0.25) is 0 Å². The van der Waals surface area contributed by atoms with Crippen molar-refractivity contribution in [1.29, 1.82) is 0 Å². The Morgan fingerprint density at radius 3 is 2.75 bits per heavy atom. The lowest BCUT2D eigenvalue weighted by molar-refractivity contribution is -0.121. The van der Waals surface area contributed by atoms with Crippen LogP contribution in [0.3, 0.4) is 0 Å². The van der Waals surface area contributed by atoms with E-state index >= 15 is 0 Å². The van der Waals surface area contributed by atoms with E-state index in [0.717, 1.165) is 17.5 Å². The standard InChI is InChI=1S/C19H21NO4/c21-16(15-7-8-17-18(12-15)24-13-23-17)10-11-20-19(22)9-6-14-4-2-1-3-5-14/h1-5,7-8,12,16,21H,6,9-11,13H2,(H,20,22). The normalized spacial score (nSPS) is 13.5. The Balaban J connectivity index is 1.40. The van der Waals surface area contributed by atoms with Gasteiger partial charge in [-0.2, -0.15) is 0 Å². The molecule has 1 heterocycles. The first-order chi connectivity index (χ1) is 11.7. The first-order valence-corrected chi connectivity index (χ1v) is 8.10. The summed E-state index contributed by atoms with van der Waals surface area (Å²) in [5.74, 6) is 1.34. The second-order valence-electron chi connectivity index (χ2n) is 5.75. The fourth-order valence-corrected chi connectivity index (χ4v) is 2.63. The molecule has 1 aliphatic heterocycles. The van der Waals surface area contributed by atoms with Gasteiger partial charge in [-0.1, -0.05) is 36.4 Å². The number of aliphatic hydroxyl groups is 1. The van der Waals surface area contributed by atoms with Crippen LogP contribution >= 0.6 is 0 Å². The Labute approximate surface area is 141 Å². The van der Waals surface area contributed by atoms with Crippen molar-refractivity contribution < 1.29 is 19.4 Å². The van der Waals surface area contributed by atoms with Gasteiger partial charge in [0.15, 0.2) is 11.5 Å². The van der Waals surface area contributed by atoms with Crippen LogP contribution in [-0.2, 0) is 11.2 Å². The molecule has 0 saturated heterocycles. The predicted molar refractivity (Wildman–Crippen MR) is 89.9 cm³/mol. The van der Waals surface area contributed by atoms with E-state index < -0.39 is 6.10 Å². The van der Waals surface area contributed by atoms with Crippen LogP contribution < -0.4 is 14.8 Å². The number of amides is 1. The van der Waals surface area contributed by atoms with Gasteiger partial charge in [-0.05, 0) is 36.1 Å². The van der Waals surface area contributed by atoms with E-state index in [4.69, 9.17) is 9.47 Å². The number of aryl methyl sites for hydroxylation is 1. The molecular weight excluding hydrogens is 306 g/mol. The van der Waals surface area contributed by atoms with Crippen molar-refractivity contribution in [3.63, 3.8) is 0 Å². The van der Waals surface area contributed by atoms with Crippen LogP contribution in [0, 0.1) is 0 Å². The fraction of sp³-hybridized carbons (Fsp3) is 0.316. The zero-order valence-corrected chi connectivity index (χ0v) is 13.4. The van der Waals surface area contributed by atoms with E-state index in [0.29, 0.717) is 30.9 Å². The third-order valence-corrected chi connectivity index (χ3v) is 4.00. The summed E-state index contributed by atoms with van der Waals surface area (Å²) >= 11 is 0. The number of rotatable bonds is 7. The van der Waals surface area contributed by atoms with Crippen molar-refractivity contribution >= 4 is 5.91 Å². The Kier molecular flexibility index (Phi) is 5.33. The zero-order valence-electron chi connectivity index (χ0n) is 13.4. The van der Waals surface area contributed by atoms with Crippen molar-refractivity contribution in [2.24, 2.45) is 0 Å². The molecule has 3 rings (SSSR count). The van der Waals surface area contributed by atoms with Gasteiger partial charge in [0.1, 0.15) is 0 Å². The Bertz CT molecular complexity index is 687. The highest BCUT2D eigenvalue weighted by molar-refractivity contribution is 5.76. The Morgan fingerprint density at radius 1 is 1.12 bits per heavy atom. The van der Waals surface area contributed by atoms with Gasteiger partial charge in [0.2, 0.25) is 12.7 Å². The van der Waals surface area contributed by atoms with Gasteiger partial charge in [0.05, 0.1) is 6.10 Å². The fourth-order valence-electron chi connectivity index (χ4n) is 2.63. The summed E-state index contributed by atoms with van der Waals surface area (Å²) < 4.78 is 10.6. The molecule has 1 unspecified atom stereocenters. The molecule has 0 aliphatic carbocycles. The van der Waals surface area contributed by atoms with Crippen LogP contribution in [0.5, 0.6) is 11.5 Å². The summed E-state index contributed by atoms with van der Waals surface area (Å²) in [7, 11) is 0. The molecule has 1 amide bonds. The van der Waals surface area contributed by atoms with Crippen molar-refractivity contribution in [3.8, 4) is 11.5 Å². The monoisotopic (exact) mass is 327 g/mol. The first kappa shape index (κ1) is 16.3. The number of hydrogen-bond acceptors (Lipinski definition) is 4. The second kappa shape index (κ2) is 7.84. The van der Waals surface area contributed by atoms with E-state index in [1.807, 2.05) is 36.4 Å². The summed E-state index contributed by atoms with van der Waals surface area (Å²) in [5, 5.41) is 13.1. The SMILES string of the molecule is O=C(CCc1ccccc1)NCCC(O)c1ccc2c(c1)OCO2. The lowest BCUT2D eigenvalue weighted by atomic mass is 10.1. The number of ether oxygens (including phenoxy) is 2. The minimum atomic E-state index is -0.645. The van der Waals surface area contributed by atoms with Gasteiger partial charge in [0, 0.05) is 13.0 Å². The Hall–Kier alpha value is -2.53. The van der Waals surface area contributed by atoms with Gasteiger partial charge >= 0.3 is 0 Å². The van der Waals surface area contributed by atoms with E-state index in [-0.39, 0.29) is 12.7 Å². The third-order valence-electron chi connectivity index (χ3n) is 4.00. The predicted octanol–water partition coefficient (Wildman–Crippen LogP) is 2.59. The first-order valence-electron chi connectivity index (χ1n) is 8.10. The lowest BCUT2D eigenvalue weighted by Crippen LogP contribution is -2.25. The quantitative estimate of drug-likeness (QED) is 0.820. The highest BCUT2D eigenvalue weighted by atomic mass is 16.7. The molecule has 1 atom stereocenters. The maximum absolute atomic E-state index is 11.9. The molecule has 0 radical (unpaired) electrons. The summed E-state index contributed by atoms with van der Waals surface area (Å²) in [6, 6.07) is 15.3. The summed E-state index contributed by atoms with van der Waals surface area (Å²) in [4.78, 5) is 11.9. The largest absolute Gasteiger partial charge is 0.454 e. The molecule has 5 nitrogen and oxygen atoms in total. The average Bonchev–Trinajstić information content (AvgIpc) is 3.08. The number of aliphatic hydroxyl groups excluding tert-OH is 1. The topological polar surface area (TPSA) is 67.8 Å². The van der Waals surface area contributed by atoms with Crippen molar-refractivity contribution in [3.05, 3.63) is 59.7 Å². The third kappa shape index (κ3) is 4.26. The van der Waals surface area contributed by atoms with Gasteiger partial charge in [-0.25, -0.2) is 0 Å². The average molecular weight is 327 g/mol. The molecule has 0 saturated carbocycles. The summed E-state index contributed by atoms with van der Waals surface area (Å²) in [6.45, 7) is 0.648. The molecular formula is C19H21NO4. The minimum Gasteiger partial charge on any atom is -0.454 e. The summed E-state index contributed by atoms with van der Waals surface area (Å²) in [5.41, 5.74) is 1.91. The molecule has 0 fully saturated rings. The zero-order chi connectivity index (χ0) is 16.8. The molecule has 2 aromatic carbocycles. The number of nitrogens with one attached hydrogen (secondary N) is 1. The number of benzene rings is 2. The van der Waals surface area contributed by atoms with Crippen LogP contribution in [0.15, 0.2) is 48.5 Å². The molecule has 24 heavy (non-hydrogen) atoms. The van der Waals surface area contributed by atoms with E-state index in [1.165, 1.54) is 0 Å². The molecule has 0 aromatic heterocycles. The highest BCUT2D eigenvalue weighted by Crippen LogP contribution is 2.34. The number of carbonyl (C=O) groups excluding carboxylic acids is 1. The van der Waals surface area contributed by atoms with Crippen LogP contribution in [0.4, 0.5) is 0 Å². The number of carbonyl (C=O) groups is 1. The molecule has 2 aromatic rings. The molecule has 2 N–H and O–H groups in total. The van der Waals surface area contributed by atoms with Gasteiger partial charge in [-0.15, -0.1) is 0 Å². The maximum Gasteiger partial charge on any atom is 0.231 e. The van der Waals surface area contributed by atoms with Crippen molar-refractivity contribution in [1.82, 2.24) is 5.32 Å². The van der Waals surface area contributed by atoms with E-state index in [9.17, 15) is 9.90 Å². The number of fused-ring (bicyclic) bond motifs is 1. The highest BCUT2D eigenvalue weighted by Gasteiger charge is 2.16. The Morgan fingerprint density at radius 2 is 1.92 bits per heavy atom. The van der Waals surface area contributed by atoms with Gasteiger partial charge in [0.25, 0.3) is 0 Å². The molecule has 0 spiro atoms. The van der Waals surface area contributed by atoms with Gasteiger partial charge in [-0.3, -0.25) is 4.79 Å². The van der Waals surface area contributed by atoms with Crippen molar-refractivity contribution in [2.45, 2.75) is 25.4 Å². The van der Waals surface area contributed by atoms with Gasteiger partial charge < -0.3 is 19.9 Å². The van der Waals surface area contributed by atoms with E-state index in [2.05, 4.69) is 5.32 Å². The van der Waals surface area contributed by atoms with Crippen LogP contribution in [-0.4, -0.2) is 24.4 Å². The van der Waals surface area contributed by atoms with Crippen LogP contribution in [0.25, 0.3) is 0 Å².